The predicted molar refractivity (Wildman–Crippen MR) is 54.3 cm³/mol. The van der Waals surface area contributed by atoms with Crippen LogP contribution < -0.4 is 4.74 Å². The zero-order valence-electron chi connectivity index (χ0n) is 8.11. The molecular weight excluding hydrogens is 176 g/mol. The second-order valence-corrected chi connectivity index (χ2v) is 3.63. The maximum Gasteiger partial charge on any atom is 0.173 e. The topological polar surface area (TPSA) is 26.3 Å². The van der Waals surface area contributed by atoms with Gasteiger partial charge in [0, 0.05) is 6.42 Å². The first-order valence-electron chi connectivity index (χ1n) is 5.11. The molecule has 0 amide bonds. The van der Waals surface area contributed by atoms with Crippen molar-refractivity contribution >= 4 is 5.78 Å². The van der Waals surface area contributed by atoms with Gasteiger partial charge in [0.15, 0.2) is 11.9 Å². The third-order valence-electron chi connectivity index (χ3n) is 2.52. The number of hydrogen-bond acceptors (Lipinski definition) is 2. The summed E-state index contributed by atoms with van der Waals surface area (Å²) in [7, 11) is 0. The lowest BCUT2D eigenvalue weighted by Crippen LogP contribution is -2.30. The molecule has 2 heteroatoms. The minimum atomic E-state index is -0.203. The van der Waals surface area contributed by atoms with E-state index in [9.17, 15) is 4.79 Å². The average molecular weight is 190 g/mol. The number of Topliss-reactive ketones (excluding diaryl/α,β-unsaturated/α-hetero) is 1. The van der Waals surface area contributed by atoms with E-state index in [1.54, 1.807) is 0 Å². The van der Waals surface area contributed by atoms with Crippen LogP contribution in [0.2, 0.25) is 0 Å². The number of carbonyl (C=O) groups excluding carboxylic acids is 1. The van der Waals surface area contributed by atoms with Crippen LogP contribution in [0.15, 0.2) is 30.3 Å². The Kier molecular flexibility index (Phi) is 2.82. The summed E-state index contributed by atoms with van der Waals surface area (Å²) < 4.78 is 5.62. The molecule has 1 fully saturated rings. The van der Waals surface area contributed by atoms with E-state index in [0.29, 0.717) is 6.42 Å². The molecule has 0 radical (unpaired) electrons. The molecular formula is C12H14O2. The van der Waals surface area contributed by atoms with Gasteiger partial charge in [-0.2, -0.15) is 0 Å². The van der Waals surface area contributed by atoms with E-state index in [1.807, 2.05) is 30.3 Å². The summed E-state index contributed by atoms with van der Waals surface area (Å²) in [4.78, 5) is 11.5. The van der Waals surface area contributed by atoms with Crippen LogP contribution in [-0.4, -0.2) is 11.9 Å². The van der Waals surface area contributed by atoms with Crippen molar-refractivity contribution < 1.29 is 9.53 Å². The van der Waals surface area contributed by atoms with Crippen LogP contribution in [0.5, 0.6) is 5.75 Å². The first-order valence-corrected chi connectivity index (χ1v) is 5.11. The van der Waals surface area contributed by atoms with Gasteiger partial charge >= 0.3 is 0 Å². The lowest BCUT2D eigenvalue weighted by molar-refractivity contribution is -0.127. The summed E-state index contributed by atoms with van der Waals surface area (Å²) in [5, 5.41) is 0. The Morgan fingerprint density at radius 2 is 1.93 bits per heavy atom. The van der Waals surface area contributed by atoms with Crippen molar-refractivity contribution in [2.75, 3.05) is 0 Å². The van der Waals surface area contributed by atoms with E-state index >= 15 is 0 Å². The van der Waals surface area contributed by atoms with Crippen molar-refractivity contribution in [3.05, 3.63) is 30.3 Å². The van der Waals surface area contributed by atoms with Gasteiger partial charge in [0.1, 0.15) is 5.75 Å². The summed E-state index contributed by atoms with van der Waals surface area (Å²) in [6, 6.07) is 9.56. The smallest absolute Gasteiger partial charge is 0.173 e. The first kappa shape index (κ1) is 9.25. The highest BCUT2D eigenvalue weighted by molar-refractivity contribution is 5.84. The van der Waals surface area contributed by atoms with E-state index in [4.69, 9.17) is 4.74 Å². The number of para-hydroxylation sites is 1. The molecule has 2 nitrogen and oxygen atoms in total. The van der Waals surface area contributed by atoms with Crippen molar-refractivity contribution in [2.24, 2.45) is 0 Å². The van der Waals surface area contributed by atoms with Crippen LogP contribution in [0.3, 0.4) is 0 Å². The molecule has 0 bridgehead atoms. The van der Waals surface area contributed by atoms with Crippen molar-refractivity contribution in [3.8, 4) is 5.75 Å². The zero-order chi connectivity index (χ0) is 9.80. The van der Waals surface area contributed by atoms with Gasteiger partial charge in [-0.05, 0) is 31.4 Å². The summed E-state index contributed by atoms with van der Waals surface area (Å²) in [6.45, 7) is 0. The highest BCUT2D eigenvalue weighted by Crippen LogP contribution is 2.20. The molecule has 74 valence electrons. The van der Waals surface area contributed by atoms with E-state index in [2.05, 4.69) is 0 Å². The molecule has 0 aromatic heterocycles. The van der Waals surface area contributed by atoms with Gasteiger partial charge in [-0.3, -0.25) is 4.79 Å². The van der Waals surface area contributed by atoms with E-state index in [-0.39, 0.29) is 11.9 Å². The third kappa shape index (κ3) is 2.13. The van der Waals surface area contributed by atoms with Crippen LogP contribution >= 0.6 is 0 Å². The van der Waals surface area contributed by atoms with Gasteiger partial charge in [0.2, 0.25) is 0 Å². The van der Waals surface area contributed by atoms with E-state index in [0.717, 1.165) is 25.0 Å². The SMILES string of the molecule is O=C1CCCC[C@@H]1Oc1ccccc1. The fourth-order valence-corrected chi connectivity index (χ4v) is 1.74. The number of benzene rings is 1. The normalized spacial score (nSPS) is 22.0. The molecule has 1 aromatic carbocycles. The molecule has 0 aliphatic heterocycles. The van der Waals surface area contributed by atoms with E-state index < -0.39 is 0 Å². The summed E-state index contributed by atoms with van der Waals surface area (Å²) >= 11 is 0. The fourth-order valence-electron chi connectivity index (χ4n) is 1.74. The number of rotatable bonds is 2. The van der Waals surface area contributed by atoms with Crippen molar-refractivity contribution in [2.45, 2.75) is 31.8 Å². The second kappa shape index (κ2) is 4.27. The Hall–Kier alpha value is -1.31. The minimum absolute atomic E-state index is 0.203. The number of hydrogen-bond donors (Lipinski definition) is 0. The maximum absolute atomic E-state index is 11.5. The van der Waals surface area contributed by atoms with Gasteiger partial charge in [-0.1, -0.05) is 18.2 Å². The van der Waals surface area contributed by atoms with Gasteiger partial charge < -0.3 is 4.74 Å². The van der Waals surface area contributed by atoms with Crippen LogP contribution in [0.4, 0.5) is 0 Å². The molecule has 1 aliphatic rings. The Labute approximate surface area is 83.9 Å². The van der Waals surface area contributed by atoms with Gasteiger partial charge in [0.25, 0.3) is 0 Å². The molecule has 1 aliphatic carbocycles. The van der Waals surface area contributed by atoms with Gasteiger partial charge in [-0.15, -0.1) is 0 Å². The molecule has 14 heavy (non-hydrogen) atoms. The van der Waals surface area contributed by atoms with E-state index in [1.165, 1.54) is 0 Å². The molecule has 0 spiro atoms. The molecule has 1 aromatic rings. The average Bonchev–Trinajstić information content (AvgIpc) is 2.23. The maximum atomic E-state index is 11.5. The molecule has 0 N–H and O–H groups in total. The molecule has 0 unspecified atom stereocenters. The fraction of sp³-hybridized carbons (Fsp3) is 0.417. The first-order chi connectivity index (χ1) is 6.86. The van der Waals surface area contributed by atoms with Crippen molar-refractivity contribution in [3.63, 3.8) is 0 Å². The molecule has 1 saturated carbocycles. The van der Waals surface area contributed by atoms with Crippen molar-refractivity contribution in [1.29, 1.82) is 0 Å². The lowest BCUT2D eigenvalue weighted by Gasteiger charge is -2.21. The van der Waals surface area contributed by atoms with Crippen LogP contribution in [0.1, 0.15) is 25.7 Å². The Morgan fingerprint density at radius 3 is 2.64 bits per heavy atom. The minimum Gasteiger partial charge on any atom is -0.483 e. The standard InChI is InChI=1S/C12H14O2/c13-11-8-4-5-9-12(11)14-10-6-2-1-3-7-10/h1-3,6-7,12H,4-5,8-9H2/t12-/m0/s1. The molecule has 0 heterocycles. The molecule has 2 rings (SSSR count). The number of ether oxygens (including phenoxy) is 1. The Morgan fingerprint density at radius 1 is 1.14 bits per heavy atom. The largest absolute Gasteiger partial charge is 0.483 e. The highest BCUT2D eigenvalue weighted by Gasteiger charge is 2.23. The van der Waals surface area contributed by atoms with Crippen LogP contribution in [0.25, 0.3) is 0 Å². The molecule has 0 saturated heterocycles. The monoisotopic (exact) mass is 190 g/mol. The van der Waals surface area contributed by atoms with Gasteiger partial charge in [0.05, 0.1) is 0 Å². The quantitative estimate of drug-likeness (QED) is 0.716. The Bertz CT molecular complexity index is 305. The van der Waals surface area contributed by atoms with Crippen molar-refractivity contribution in [1.82, 2.24) is 0 Å². The summed E-state index contributed by atoms with van der Waals surface area (Å²) in [5.74, 6) is 1.05. The second-order valence-electron chi connectivity index (χ2n) is 3.63. The zero-order valence-corrected chi connectivity index (χ0v) is 8.11. The van der Waals surface area contributed by atoms with Gasteiger partial charge in [-0.25, -0.2) is 0 Å². The van der Waals surface area contributed by atoms with Crippen LogP contribution in [0, 0.1) is 0 Å². The number of ketones is 1. The lowest BCUT2D eigenvalue weighted by atomic mass is 9.96. The Balaban J connectivity index is 2.00. The van der Waals surface area contributed by atoms with Crippen LogP contribution in [-0.2, 0) is 4.79 Å². The summed E-state index contributed by atoms with van der Waals surface area (Å²) in [6.07, 6.45) is 3.47. The summed E-state index contributed by atoms with van der Waals surface area (Å²) in [5.41, 5.74) is 0. The number of carbonyl (C=O) groups is 1. The predicted octanol–water partition coefficient (Wildman–Crippen LogP) is 2.58. The third-order valence-corrected chi connectivity index (χ3v) is 2.52. The highest BCUT2D eigenvalue weighted by atomic mass is 16.5. The molecule has 1 atom stereocenters.